The lowest BCUT2D eigenvalue weighted by Gasteiger charge is -2.60. The molecule has 1 aromatic carbocycles. The average Bonchev–Trinajstić information content (AvgIpc) is 3.22. The molecule has 0 radical (unpaired) electrons. The number of allylic oxidation sites excluding steroid dienone is 1. The van der Waals surface area contributed by atoms with E-state index in [0.29, 0.717) is 25.8 Å². The zero-order valence-electron chi connectivity index (χ0n) is 24.6. The monoisotopic (exact) mass is 581 g/mol. The Labute approximate surface area is 246 Å². The van der Waals surface area contributed by atoms with Gasteiger partial charge in [-0.3, -0.25) is 19.2 Å². The van der Waals surface area contributed by atoms with Gasteiger partial charge in [0.15, 0.2) is 12.4 Å². The Kier molecular flexibility index (Phi) is 8.38. The third-order valence-electron chi connectivity index (χ3n) is 11.1. The Balaban J connectivity index is 1.13. The lowest BCUT2D eigenvalue weighted by Crippen LogP contribution is -2.62. The number of phenolic OH excluding ortho intramolecular Hbond substituents is 1. The van der Waals surface area contributed by atoms with Crippen LogP contribution in [0.3, 0.4) is 0 Å². The Hall–Kier alpha value is -3.04. The number of carbonyl (C=O) groups is 4. The summed E-state index contributed by atoms with van der Waals surface area (Å²) in [5, 5.41) is 35.4. The summed E-state index contributed by atoms with van der Waals surface area (Å²) < 4.78 is 5.22. The van der Waals surface area contributed by atoms with Gasteiger partial charge in [0.1, 0.15) is 11.4 Å². The van der Waals surface area contributed by atoms with E-state index in [1.54, 1.807) is 30.3 Å². The van der Waals surface area contributed by atoms with Gasteiger partial charge in [0.2, 0.25) is 11.7 Å². The number of hydrogen-bond donors (Lipinski definition) is 4. The molecule has 0 heterocycles. The second-order valence-corrected chi connectivity index (χ2v) is 13.3. The summed E-state index contributed by atoms with van der Waals surface area (Å²) in [7, 11) is 0. The van der Waals surface area contributed by atoms with Crippen molar-refractivity contribution in [1.82, 2.24) is 5.32 Å². The third-order valence-corrected chi connectivity index (χ3v) is 11.1. The van der Waals surface area contributed by atoms with E-state index < -0.39 is 35.5 Å². The summed E-state index contributed by atoms with van der Waals surface area (Å²) >= 11 is 0. The van der Waals surface area contributed by atoms with Crippen LogP contribution < -0.4 is 5.32 Å². The number of hydrogen-bond acceptors (Lipinski definition) is 8. The van der Waals surface area contributed by atoms with E-state index >= 15 is 0 Å². The Morgan fingerprint density at radius 1 is 1.05 bits per heavy atom. The molecule has 0 saturated heterocycles. The zero-order valence-corrected chi connectivity index (χ0v) is 24.6. The predicted molar refractivity (Wildman–Crippen MR) is 153 cm³/mol. The van der Waals surface area contributed by atoms with Gasteiger partial charge in [0.25, 0.3) is 0 Å². The summed E-state index contributed by atoms with van der Waals surface area (Å²) in [6, 6.07) is 6.69. The smallest absolute Gasteiger partial charge is 0.306 e. The number of esters is 1. The summed E-state index contributed by atoms with van der Waals surface area (Å²) in [6.07, 6.45) is 5.36. The molecule has 1 aromatic rings. The highest BCUT2D eigenvalue weighted by atomic mass is 16.5. The molecule has 3 fully saturated rings. The second-order valence-electron chi connectivity index (χ2n) is 13.3. The Morgan fingerprint density at radius 2 is 1.79 bits per heavy atom. The Morgan fingerprint density at radius 3 is 2.52 bits per heavy atom. The van der Waals surface area contributed by atoms with Crippen LogP contribution in [0.1, 0.15) is 77.2 Å². The molecule has 0 spiro atoms. The van der Waals surface area contributed by atoms with Crippen molar-refractivity contribution in [3.05, 3.63) is 41.5 Å². The van der Waals surface area contributed by atoms with Gasteiger partial charge in [-0.1, -0.05) is 31.6 Å². The molecule has 9 heteroatoms. The highest BCUT2D eigenvalue weighted by molar-refractivity contribution is 5.92. The number of ketones is 2. The molecule has 0 aliphatic heterocycles. The van der Waals surface area contributed by atoms with Crippen LogP contribution >= 0.6 is 0 Å². The van der Waals surface area contributed by atoms with Gasteiger partial charge >= 0.3 is 5.97 Å². The summed E-state index contributed by atoms with van der Waals surface area (Å²) in [4.78, 5) is 50.0. The zero-order chi connectivity index (χ0) is 30.3. The molecule has 4 aliphatic rings. The molecule has 4 N–H and O–H groups in total. The SMILES string of the molecule is CC12CCC(=O)C=C1CCC1C2C(O)CC2(C)C1CC[C@]2(O)C(=O)COC(=O)CCC(=O)NCCc1ccc(O)cc1. The fraction of sp³-hybridized carbons (Fsp3) is 0.636. The third kappa shape index (κ3) is 5.41. The number of ether oxygens (including phenoxy) is 1. The number of phenols is 1. The maximum absolute atomic E-state index is 13.4. The molecule has 3 saturated carbocycles. The number of aromatic hydroxyl groups is 1. The largest absolute Gasteiger partial charge is 0.508 e. The van der Waals surface area contributed by atoms with E-state index in [4.69, 9.17) is 4.74 Å². The predicted octanol–water partition coefficient (Wildman–Crippen LogP) is 3.18. The molecule has 7 atom stereocenters. The van der Waals surface area contributed by atoms with Crippen molar-refractivity contribution in [3.63, 3.8) is 0 Å². The molecule has 1 amide bonds. The first-order valence-corrected chi connectivity index (χ1v) is 15.3. The van der Waals surface area contributed by atoms with Crippen molar-refractivity contribution in [1.29, 1.82) is 0 Å². The normalized spacial score (nSPS) is 35.3. The molecular weight excluding hydrogens is 538 g/mol. The van der Waals surface area contributed by atoms with Crippen molar-refractivity contribution in [2.75, 3.05) is 13.2 Å². The number of nitrogens with one attached hydrogen (secondary N) is 1. The maximum Gasteiger partial charge on any atom is 0.306 e. The number of Topliss-reactive ketones (excluding diaryl/α,β-unsaturated/α-hetero) is 1. The van der Waals surface area contributed by atoms with Crippen molar-refractivity contribution in [2.24, 2.45) is 28.6 Å². The number of benzene rings is 1. The van der Waals surface area contributed by atoms with Gasteiger partial charge in [-0.05, 0) is 91.9 Å². The number of amides is 1. The molecule has 6 unspecified atom stereocenters. The van der Waals surface area contributed by atoms with E-state index in [-0.39, 0.29) is 66.3 Å². The lowest BCUT2D eigenvalue weighted by molar-refractivity contribution is -0.184. The first-order chi connectivity index (χ1) is 19.9. The molecule has 9 nitrogen and oxygen atoms in total. The standard InChI is InChI=1S/C33H43NO8/c1-31-14-11-23(36)17-21(31)5-8-24-25-12-15-33(41,32(25,2)18-26(37)30(24)31)27(38)19-42-29(40)10-9-28(39)34-16-13-20-3-6-22(35)7-4-20/h3-4,6-7,17,24-26,30,35,37,41H,5,8-16,18-19H2,1-2H3,(H,34,39)/t24?,25?,26?,30?,31?,32?,33-/m0/s1. The highest BCUT2D eigenvalue weighted by Crippen LogP contribution is 2.67. The van der Waals surface area contributed by atoms with E-state index in [1.807, 2.05) is 6.92 Å². The van der Waals surface area contributed by atoms with Gasteiger partial charge in [-0.15, -0.1) is 0 Å². The fourth-order valence-corrected chi connectivity index (χ4v) is 8.80. The molecule has 0 aromatic heterocycles. The van der Waals surface area contributed by atoms with Gasteiger partial charge in [-0.2, -0.15) is 0 Å². The number of fused-ring (bicyclic) bond motifs is 5. The van der Waals surface area contributed by atoms with Crippen LogP contribution in [0.25, 0.3) is 0 Å². The highest BCUT2D eigenvalue weighted by Gasteiger charge is 2.68. The van der Waals surface area contributed by atoms with Crippen molar-refractivity contribution in [2.45, 2.75) is 89.8 Å². The maximum atomic E-state index is 13.4. The van der Waals surface area contributed by atoms with Gasteiger partial charge in [0, 0.05) is 24.8 Å². The number of aliphatic hydroxyl groups is 2. The summed E-state index contributed by atoms with van der Waals surface area (Å²) in [5.41, 5.74) is -0.733. The van der Waals surface area contributed by atoms with E-state index in [1.165, 1.54) is 0 Å². The van der Waals surface area contributed by atoms with Gasteiger partial charge in [0.05, 0.1) is 12.5 Å². The Bertz CT molecular complexity index is 1270. The minimum Gasteiger partial charge on any atom is -0.508 e. The first-order valence-electron chi connectivity index (χ1n) is 15.3. The van der Waals surface area contributed by atoms with Crippen LogP contribution in [0.5, 0.6) is 5.75 Å². The first kappa shape index (κ1) is 30.4. The van der Waals surface area contributed by atoms with Crippen LogP contribution in [0.15, 0.2) is 35.9 Å². The second kappa shape index (κ2) is 11.6. The van der Waals surface area contributed by atoms with E-state index in [9.17, 15) is 34.5 Å². The number of aliphatic hydroxyl groups excluding tert-OH is 1. The molecule has 0 bridgehead atoms. The van der Waals surface area contributed by atoms with Gasteiger partial charge < -0.3 is 25.4 Å². The minimum atomic E-state index is -1.71. The van der Waals surface area contributed by atoms with Crippen LogP contribution in [0, 0.1) is 28.6 Å². The van der Waals surface area contributed by atoms with Crippen LogP contribution in [-0.4, -0.2) is 63.6 Å². The van der Waals surface area contributed by atoms with E-state index in [0.717, 1.165) is 30.4 Å². The van der Waals surface area contributed by atoms with Crippen LogP contribution in [0.2, 0.25) is 0 Å². The van der Waals surface area contributed by atoms with Crippen molar-refractivity contribution >= 4 is 23.4 Å². The van der Waals surface area contributed by atoms with Gasteiger partial charge in [-0.25, -0.2) is 0 Å². The molecule has 4 aliphatic carbocycles. The van der Waals surface area contributed by atoms with Crippen molar-refractivity contribution < 1.29 is 39.2 Å². The average molecular weight is 582 g/mol. The lowest BCUT2D eigenvalue weighted by atomic mass is 9.45. The van der Waals surface area contributed by atoms with Crippen LogP contribution in [-0.2, 0) is 30.3 Å². The fourth-order valence-electron chi connectivity index (χ4n) is 8.80. The van der Waals surface area contributed by atoms with E-state index in [2.05, 4.69) is 12.2 Å². The molecule has 42 heavy (non-hydrogen) atoms. The topological polar surface area (TPSA) is 150 Å². The molecular formula is C33H43NO8. The van der Waals surface area contributed by atoms with Crippen molar-refractivity contribution in [3.8, 4) is 5.75 Å². The molecule has 5 rings (SSSR count). The number of carbonyl (C=O) groups excluding carboxylic acids is 4. The quantitative estimate of drug-likeness (QED) is 0.325. The summed E-state index contributed by atoms with van der Waals surface area (Å²) in [5.74, 6) is -1.08. The number of rotatable bonds is 9. The van der Waals surface area contributed by atoms with Crippen LogP contribution in [0.4, 0.5) is 0 Å². The minimum absolute atomic E-state index is 0.0220. The molecule has 228 valence electrons. The summed E-state index contributed by atoms with van der Waals surface area (Å²) in [6.45, 7) is 3.86.